The zero-order valence-corrected chi connectivity index (χ0v) is 11.1. The Morgan fingerprint density at radius 1 is 1.22 bits per heavy atom. The van der Waals surface area contributed by atoms with Crippen LogP contribution in [0.15, 0.2) is 24.3 Å². The normalized spacial score (nSPS) is 19.7. The van der Waals surface area contributed by atoms with Crippen LogP contribution in [0.3, 0.4) is 0 Å². The zero-order valence-electron chi connectivity index (χ0n) is 11.1. The molecule has 0 saturated carbocycles. The number of ether oxygens (including phenoxy) is 1. The van der Waals surface area contributed by atoms with Gasteiger partial charge in [0.15, 0.2) is 0 Å². The van der Waals surface area contributed by atoms with Crippen LogP contribution in [-0.2, 0) is 6.54 Å². The van der Waals surface area contributed by atoms with Gasteiger partial charge in [0.25, 0.3) is 0 Å². The first kappa shape index (κ1) is 13.3. The van der Waals surface area contributed by atoms with Crippen molar-refractivity contribution in [3.05, 3.63) is 29.8 Å². The summed E-state index contributed by atoms with van der Waals surface area (Å²) >= 11 is 0. The molecule has 4 N–H and O–H groups in total. The van der Waals surface area contributed by atoms with Crippen LogP contribution >= 0.6 is 0 Å². The van der Waals surface area contributed by atoms with Gasteiger partial charge in [-0.05, 0) is 30.5 Å². The quantitative estimate of drug-likeness (QED) is 0.834. The lowest BCUT2D eigenvalue weighted by molar-refractivity contribution is 0.159. The van der Waals surface area contributed by atoms with Gasteiger partial charge in [-0.2, -0.15) is 0 Å². The molecule has 0 atom stereocenters. The maximum absolute atomic E-state index is 6.18. The molecule has 1 aromatic rings. The van der Waals surface area contributed by atoms with Gasteiger partial charge in [0, 0.05) is 31.7 Å². The number of hydrogen-bond donors (Lipinski definition) is 2. The summed E-state index contributed by atoms with van der Waals surface area (Å²) in [7, 11) is 1.69. The monoisotopic (exact) mass is 249 g/mol. The lowest BCUT2D eigenvalue weighted by Gasteiger charge is -2.38. The van der Waals surface area contributed by atoms with Crippen LogP contribution in [0.5, 0.6) is 5.75 Å². The van der Waals surface area contributed by atoms with Gasteiger partial charge in [-0.1, -0.05) is 12.1 Å². The first-order chi connectivity index (χ1) is 8.65. The Bertz CT molecular complexity index is 369. The number of methoxy groups -OCH3 is 1. The van der Waals surface area contributed by atoms with E-state index in [1.165, 1.54) is 5.56 Å². The Balaban J connectivity index is 1.87. The van der Waals surface area contributed by atoms with Gasteiger partial charge >= 0.3 is 0 Å². The molecule has 2 rings (SSSR count). The fourth-order valence-corrected chi connectivity index (χ4v) is 2.35. The van der Waals surface area contributed by atoms with Crippen LogP contribution in [0.1, 0.15) is 18.4 Å². The van der Waals surface area contributed by atoms with Crippen molar-refractivity contribution < 1.29 is 4.74 Å². The fourth-order valence-electron chi connectivity index (χ4n) is 2.35. The second-order valence-electron chi connectivity index (χ2n) is 5.19. The highest BCUT2D eigenvalue weighted by Crippen LogP contribution is 2.20. The van der Waals surface area contributed by atoms with Gasteiger partial charge < -0.3 is 16.2 Å². The largest absolute Gasteiger partial charge is 0.497 e. The molecule has 0 bridgehead atoms. The molecule has 1 aromatic carbocycles. The van der Waals surface area contributed by atoms with E-state index < -0.39 is 0 Å². The smallest absolute Gasteiger partial charge is 0.118 e. The fraction of sp³-hybridized carbons (Fsp3) is 0.571. The van der Waals surface area contributed by atoms with E-state index in [-0.39, 0.29) is 5.54 Å². The van der Waals surface area contributed by atoms with Crippen molar-refractivity contribution in [2.45, 2.75) is 24.9 Å². The molecular weight excluding hydrogens is 226 g/mol. The van der Waals surface area contributed by atoms with Crippen molar-refractivity contribution in [3.63, 3.8) is 0 Å². The summed E-state index contributed by atoms with van der Waals surface area (Å²) in [4.78, 5) is 2.43. The minimum atomic E-state index is -0.142. The van der Waals surface area contributed by atoms with E-state index in [2.05, 4.69) is 17.0 Å². The highest BCUT2D eigenvalue weighted by atomic mass is 16.5. The van der Waals surface area contributed by atoms with Crippen molar-refractivity contribution >= 4 is 0 Å². The molecule has 1 heterocycles. The second kappa shape index (κ2) is 5.69. The standard InChI is InChI=1S/C14H23N3O/c1-18-13-4-2-12(3-5-13)10-17-8-6-14(16,11-15)7-9-17/h2-5H,6-11,15-16H2,1H3. The van der Waals surface area contributed by atoms with Crippen LogP contribution in [0.4, 0.5) is 0 Å². The Morgan fingerprint density at radius 2 is 1.83 bits per heavy atom. The van der Waals surface area contributed by atoms with Crippen LogP contribution in [0, 0.1) is 0 Å². The third kappa shape index (κ3) is 3.22. The van der Waals surface area contributed by atoms with E-state index in [1.54, 1.807) is 7.11 Å². The molecule has 0 unspecified atom stereocenters. The van der Waals surface area contributed by atoms with Crippen molar-refractivity contribution in [2.24, 2.45) is 11.5 Å². The van der Waals surface area contributed by atoms with Gasteiger partial charge in [-0.25, -0.2) is 0 Å². The minimum Gasteiger partial charge on any atom is -0.497 e. The lowest BCUT2D eigenvalue weighted by atomic mass is 9.89. The predicted molar refractivity (Wildman–Crippen MR) is 73.5 cm³/mol. The van der Waals surface area contributed by atoms with Crippen molar-refractivity contribution in [2.75, 3.05) is 26.7 Å². The summed E-state index contributed by atoms with van der Waals surface area (Å²) < 4.78 is 5.16. The average Bonchev–Trinajstić information content (AvgIpc) is 2.42. The van der Waals surface area contributed by atoms with Crippen molar-refractivity contribution in [1.29, 1.82) is 0 Å². The maximum Gasteiger partial charge on any atom is 0.118 e. The number of hydrogen-bond acceptors (Lipinski definition) is 4. The van der Waals surface area contributed by atoms with Crippen molar-refractivity contribution in [1.82, 2.24) is 4.90 Å². The number of piperidine rings is 1. The van der Waals surface area contributed by atoms with E-state index in [9.17, 15) is 0 Å². The highest BCUT2D eigenvalue weighted by Gasteiger charge is 2.28. The number of nitrogens with two attached hydrogens (primary N) is 2. The van der Waals surface area contributed by atoms with Crippen LogP contribution in [0.2, 0.25) is 0 Å². The molecule has 0 radical (unpaired) electrons. The second-order valence-corrected chi connectivity index (χ2v) is 5.19. The first-order valence-electron chi connectivity index (χ1n) is 6.49. The highest BCUT2D eigenvalue weighted by molar-refractivity contribution is 5.27. The van der Waals surface area contributed by atoms with Crippen molar-refractivity contribution in [3.8, 4) is 5.75 Å². The molecule has 0 aliphatic carbocycles. The zero-order chi connectivity index (χ0) is 13.0. The van der Waals surface area contributed by atoms with E-state index in [0.717, 1.165) is 38.2 Å². The summed E-state index contributed by atoms with van der Waals surface area (Å²) in [6.07, 6.45) is 1.97. The third-order valence-electron chi connectivity index (χ3n) is 3.82. The maximum atomic E-state index is 6.18. The van der Waals surface area contributed by atoms with Gasteiger partial charge in [0.1, 0.15) is 5.75 Å². The molecule has 4 nitrogen and oxygen atoms in total. The first-order valence-corrected chi connectivity index (χ1v) is 6.49. The molecule has 18 heavy (non-hydrogen) atoms. The minimum absolute atomic E-state index is 0.142. The predicted octanol–water partition coefficient (Wildman–Crippen LogP) is 0.947. The summed E-state index contributed by atoms with van der Waals surface area (Å²) in [5.41, 5.74) is 13.1. The number of nitrogens with zero attached hydrogens (tertiary/aromatic N) is 1. The number of likely N-dealkylation sites (tertiary alicyclic amines) is 1. The molecule has 1 saturated heterocycles. The summed E-state index contributed by atoms with van der Waals surface area (Å²) in [6, 6.07) is 8.25. The van der Waals surface area contributed by atoms with Crippen LogP contribution in [-0.4, -0.2) is 37.2 Å². The Kier molecular flexibility index (Phi) is 4.22. The van der Waals surface area contributed by atoms with Gasteiger partial charge in [0.2, 0.25) is 0 Å². The molecule has 0 aromatic heterocycles. The van der Waals surface area contributed by atoms with E-state index >= 15 is 0 Å². The van der Waals surface area contributed by atoms with Crippen LogP contribution < -0.4 is 16.2 Å². The van der Waals surface area contributed by atoms with Crippen LogP contribution in [0.25, 0.3) is 0 Å². The molecule has 4 heteroatoms. The Morgan fingerprint density at radius 3 is 2.33 bits per heavy atom. The molecule has 100 valence electrons. The van der Waals surface area contributed by atoms with Gasteiger partial charge in [-0.15, -0.1) is 0 Å². The van der Waals surface area contributed by atoms with E-state index in [1.807, 2.05) is 12.1 Å². The molecule has 1 aliphatic heterocycles. The average molecular weight is 249 g/mol. The number of benzene rings is 1. The Hall–Kier alpha value is -1.10. The van der Waals surface area contributed by atoms with E-state index in [0.29, 0.717) is 6.54 Å². The molecule has 0 spiro atoms. The Labute approximate surface area is 109 Å². The lowest BCUT2D eigenvalue weighted by Crippen LogP contribution is -2.54. The molecule has 1 fully saturated rings. The summed E-state index contributed by atoms with van der Waals surface area (Å²) in [5.74, 6) is 0.904. The van der Waals surface area contributed by atoms with E-state index in [4.69, 9.17) is 16.2 Å². The molecule has 1 aliphatic rings. The molecule has 0 amide bonds. The third-order valence-corrected chi connectivity index (χ3v) is 3.82. The topological polar surface area (TPSA) is 64.5 Å². The summed E-state index contributed by atoms with van der Waals surface area (Å²) in [5, 5.41) is 0. The number of rotatable bonds is 4. The van der Waals surface area contributed by atoms with Gasteiger partial charge in [-0.3, -0.25) is 4.90 Å². The SMILES string of the molecule is COc1ccc(CN2CCC(N)(CN)CC2)cc1. The molecular formula is C14H23N3O. The summed E-state index contributed by atoms with van der Waals surface area (Å²) in [6.45, 7) is 3.62. The van der Waals surface area contributed by atoms with Gasteiger partial charge in [0.05, 0.1) is 7.11 Å².